The third-order valence-corrected chi connectivity index (χ3v) is 5.22. The van der Waals surface area contributed by atoms with E-state index in [9.17, 15) is 22.8 Å². The summed E-state index contributed by atoms with van der Waals surface area (Å²) in [6.07, 6.45) is -3.28. The van der Waals surface area contributed by atoms with Gasteiger partial charge >= 0.3 is 12.4 Å². The molecule has 9 nitrogen and oxygen atoms in total. The van der Waals surface area contributed by atoms with Crippen LogP contribution in [0.1, 0.15) is 37.7 Å². The van der Waals surface area contributed by atoms with Crippen molar-refractivity contribution < 1.29 is 27.5 Å². The highest BCUT2D eigenvalue weighted by molar-refractivity contribution is 6.13. The number of halogens is 3. The minimum absolute atomic E-state index is 0.152. The molecule has 1 unspecified atom stereocenters. The molecule has 12 heteroatoms. The van der Waals surface area contributed by atoms with Crippen molar-refractivity contribution >= 4 is 39.8 Å². The summed E-state index contributed by atoms with van der Waals surface area (Å²) in [7, 11) is 0. The lowest BCUT2D eigenvalue weighted by Gasteiger charge is -2.20. The van der Waals surface area contributed by atoms with Gasteiger partial charge in [-0.1, -0.05) is 18.2 Å². The third-order valence-electron chi connectivity index (χ3n) is 5.22. The minimum atomic E-state index is -4.56. The predicted molar refractivity (Wildman–Crippen MR) is 124 cm³/mol. The maximum Gasteiger partial charge on any atom is 0.484 e. The van der Waals surface area contributed by atoms with Crippen molar-refractivity contribution in [3.05, 3.63) is 42.2 Å². The van der Waals surface area contributed by atoms with Crippen LogP contribution < -0.4 is 16.0 Å². The molecule has 0 spiro atoms. The molecule has 1 amide bonds. The van der Waals surface area contributed by atoms with E-state index in [-0.39, 0.29) is 30.8 Å². The van der Waals surface area contributed by atoms with E-state index in [2.05, 4.69) is 20.6 Å². The van der Waals surface area contributed by atoms with Gasteiger partial charge in [-0.3, -0.25) is 15.1 Å². The summed E-state index contributed by atoms with van der Waals surface area (Å²) in [5.41, 5.74) is 0.602. The largest absolute Gasteiger partial charge is 0.484 e. The molecule has 3 aromatic rings. The number of rotatable bonds is 4. The van der Waals surface area contributed by atoms with Gasteiger partial charge in [0.2, 0.25) is 0 Å². The molecule has 3 heterocycles. The molecule has 0 bridgehead atoms. The number of alkyl halides is 3. The second-order valence-electron chi connectivity index (χ2n) is 9.12. The molecule has 1 aliphatic heterocycles. The summed E-state index contributed by atoms with van der Waals surface area (Å²) in [4.78, 5) is 33.6. The molecule has 0 fully saturated rings. The van der Waals surface area contributed by atoms with Gasteiger partial charge in [0, 0.05) is 17.3 Å². The normalized spacial score (nSPS) is 16.2. The fourth-order valence-corrected chi connectivity index (χ4v) is 3.81. The Hall–Kier alpha value is -3.83. The summed E-state index contributed by atoms with van der Waals surface area (Å²) in [5.74, 6) is -0.768. The van der Waals surface area contributed by atoms with E-state index in [1.165, 1.54) is 16.1 Å². The number of benzene rings is 1. The molecule has 0 aliphatic carbocycles. The number of pyridine rings is 1. The van der Waals surface area contributed by atoms with Crippen LogP contribution in [0.25, 0.3) is 21.8 Å². The second-order valence-corrected chi connectivity index (χ2v) is 9.12. The van der Waals surface area contributed by atoms with Gasteiger partial charge in [-0.2, -0.15) is 13.2 Å². The first-order chi connectivity index (χ1) is 16.4. The van der Waals surface area contributed by atoms with Crippen LogP contribution in [0.2, 0.25) is 0 Å². The van der Waals surface area contributed by atoms with Gasteiger partial charge in [0.25, 0.3) is 5.91 Å². The Morgan fingerprint density at radius 2 is 1.91 bits per heavy atom. The van der Waals surface area contributed by atoms with E-state index in [0.29, 0.717) is 22.8 Å². The molecule has 4 rings (SSSR count). The van der Waals surface area contributed by atoms with Crippen molar-refractivity contribution in [2.45, 2.75) is 45.1 Å². The summed E-state index contributed by atoms with van der Waals surface area (Å²) in [6, 6.07) is 8.55. The maximum atomic E-state index is 12.9. The average molecular weight is 490 g/mol. The molecular formula is C23H25F3N6O3. The summed E-state index contributed by atoms with van der Waals surface area (Å²) < 4.78 is 44.1. The number of nitrogens with zero attached hydrogens (tertiary/aromatic N) is 3. The van der Waals surface area contributed by atoms with Crippen molar-refractivity contribution in [2.75, 3.05) is 13.1 Å². The van der Waals surface area contributed by atoms with Gasteiger partial charge < -0.3 is 15.4 Å². The first-order valence-electron chi connectivity index (χ1n) is 11.0. The lowest BCUT2D eigenvalue weighted by molar-refractivity contribution is -0.142. The molecule has 0 saturated carbocycles. The Morgan fingerprint density at radius 1 is 1.17 bits per heavy atom. The second kappa shape index (κ2) is 9.08. The quantitative estimate of drug-likeness (QED) is 0.483. The van der Waals surface area contributed by atoms with E-state index in [0.717, 1.165) is 5.39 Å². The number of fused-ring (bicyclic) bond motifs is 3. The molecule has 186 valence electrons. The van der Waals surface area contributed by atoms with Crippen molar-refractivity contribution in [3.63, 3.8) is 0 Å². The van der Waals surface area contributed by atoms with Crippen molar-refractivity contribution in [1.29, 1.82) is 0 Å². The minimum Gasteiger partial charge on any atom is -0.443 e. The number of ether oxygens (including phenoxy) is 1. The zero-order valence-electron chi connectivity index (χ0n) is 19.4. The fourth-order valence-electron chi connectivity index (χ4n) is 3.81. The number of para-hydroxylation sites is 1. The fraction of sp³-hybridized carbons (Fsp3) is 0.391. The maximum absolute atomic E-state index is 12.9. The van der Waals surface area contributed by atoms with Crippen molar-refractivity contribution in [2.24, 2.45) is 4.99 Å². The number of carbonyl (C=O) groups is 2. The van der Waals surface area contributed by atoms with Crippen LogP contribution in [0.15, 0.2) is 41.5 Å². The van der Waals surface area contributed by atoms with E-state index in [4.69, 9.17) is 4.74 Å². The highest BCUT2D eigenvalue weighted by Gasteiger charge is 2.31. The van der Waals surface area contributed by atoms with Crippen LogP contribution in [-0.4, -0.2) is 58.5 Å². The summed E-state index contributed by atoms with van der Waals surface area (Å²) in [5, 5.41) is 8.14. The average Bonchev–Trinajstić information content (AvgIpc) is 3.32. The van der Waals surface area contributed by atoms with E-state index in [1.807, 2.05) is 12.1 Å². The lowest BCUT2D eigenvalue weighted by atomic mass is 10.1. The van der Waals surface area contributed by atoms with Gasteiger partial charge in [0.15, 0.2) is 5.96 Å². The van der Waals surface area contributed by atoms with Crippen molar-refractivity contribution in [3.8, 4) is 0 Å². The van der Waals surface area contributed by atoms with Gasteiger partial charge in [-0.05, 0) is 39.3 Å². The highest BCUT2D eigenvalue weighted by Crippen LogP contribution is 2.30. The van der Waals surface area contributed by atoms with Crippen LogP contribution in [0.4, 0.5) is 18.0 Å². The van der Waals surface area contributed by atoms with Gasteiger partial charge in [-0.25, -0.2) is 14.3 Å². The molecule has 1 atom stereocenters. The summed E-state index contributed by atoms with van der Waals surface area (Å²) >= 11 is 0. The Morgan fingerprint density at radius 3 is 2.63 bits per heavy atom. The molecule has 0 saturated heterocycles. The molecular weight excluding hydrogens is 465 g/mol. The van der Waals surface area contributed by atoms with Crippen molar-refractivity contribution in [1.82, 2.24) is 25.5 Å². The molecule has 3 N–H and O–H groups in total. The number of hydrogen-bond acceptors (Lipinski definition) is 7. The zero-order valence-corrected chi connectivity index (χ0v) is 19.4. The number of nitrogens with one attached hydrogen (secondary N) is 3. The van der Waals surface area contributed by atoms with E-state index in [1.54, 1.807) is 39.0 Å². The number of guanidine groups is 1. The molecule has 2 aromatic heterocycles. The molecule has 0 radical (unpaired) electrons. The van der Waals surface area contributed by atoms with Crippen LogP contribution >= 0.6 is 0 Å². The highest BCUT2D eigenvalue weighted by atomic mass is 19.4. The van der Waals surface area contributed by atoms with Crippen LogP contribution in [-0.2, 0) is 4.74 Å². The van der Waals surface area contributed by atoms with Crippen LogP contribution in [0.3, 0.4) is 0 Å². The van der Waals surface area contributed by atoms with Gasteiger partial charge in [-0.15, -0.1) is 0 Å². The van der Waals surface area contributed by atoms with Gasteiger partial charge in [0.05, 0.1) is 29.8 Å². The standard InChI is InChI=1S/C23H25F3N6O3/c1-22(2,3)35-21(34)32-17-7-5-4-6-14(17)15-10-16(28-12-18(15)32)19(33)27-9-8-13-11-29-20(30-13)31-23(24,25)26/h4-7,10,12-13H,8-9,11H2,1-3H3,(H,27,33)(H2,29,30,31). The Bertz CT molecular complexity index is 1310. The smallest absolute Gasteiger partial charge is 0.443 e. The summed E-state index contributed by atoms with van der Waals surface area (Å²) in [6.45, 7) is 5.72. The van der Waals surface area contributed by atoms with E-state index >= 15 is 0 Å². The number of aromatic nitrogens is 2. The van der Waals surface area contributed by atoms with Crippen LogP contribution in [0, 0.1) is 0 Å². The Kier molecular flexibility index (Phi) is 6.30. The number of carbonyl (C=O) groups excluding carboxylic acids is 2. The predicted octanol–water partition coefficient (Wildman–Crippen LogP) is 3.53. The van der Waals surface area contributed by atoms with E-state index < -0.39 is 23.9 Å². The third kappa shape index (κ3) is 5.64. The van der Waals surface area contributed by atoms with Crippen LogP contribution in [0.5, 0.6) is 0 Å². The first-order valence-corrected chi connectivity index (χ1v) is 11.0. The Balaban J connectivity index is 1.47. The number of aliphatic imine (C=N–C) groups is 1. The molecule has 1 aromatic carbocycles. The first kappa shape index (κ1) is 24.3. The topological polar surface area (TPSA) is 110 Å². The zero-order chi connectivity index (χ0) is 25.4. The molecule has 35 heavy (non-hydrogen) atoms. The number of hydrogen-bond donors (Lipinski definition) is 3. The lowest BCUT2D eigenvalue weighted by Crippen LogP contribution is -2.46. The van der Waals surface area contributed by atoms with Gasteiger partial charge in [0.1, 0.15) is 11.3 Å². The Labute approximate surface area is 198 Å². The molecule has 1 aliphatic rings. The monoisotopic (exact) mass is 490 g/mol. The SMILES string of the molecule is CC(C)(C)OC(=O)n1c2ccccc2c2cc(C(=O)NCCC3CN=C(NC(F)(F)F)N3)ncc21. The number of amides is 1.